The van der Waals surface area contributed by atoms with E-state index in [-0.39, 0.29) is 17.2 Å². The van der Waals surface area contributed by atoms with Crippen molar-refractivity contribution in [2.45, 2.75) is 69.9 Å². The molecule has 0 bridgehead atoms. The van der Waals surface area contributed by atoms with E-state index >= 15 is 0 Å². The number of rotatable bonds is 8. The Labute approximate surface area is 226 Å². The van der Waals surface area contributed by atoms with Gasteiger partial charge in [-0.05, 0) is 29.3 Å². The van der Waals surface area contributed by atoms with Crippen molar-refractivity contribution in [2.75, 3.05) is 12.9 Å². The molecule has 2 aliphatic heterocycles. The predicted octanol–water partition coefficient (Wildman–Crippen LogP) is 3.23. The summed E-state index contributed by atoms with van der Waals surface area (Å²) < 4.78 is 53.6. The first-order valence-electron chi connectivity index (χ1n) is 12.5. The molecule has 2 aromatic carbocycles. The summed E-state index contributed by atoms with van der Waals surface area (Å²) >= 11 is 0. The molecule has 204 valence electrons. The second kappa shape index (κ2) is 10.6. The van der Waals surface area contributed by atoms with Gasteiger partial charge in [0.15, 0.2) is 5.79 Å². The van der Waals surface area contributed by atoms with Gasteiger partial charge in [-0.2, -0.15) is 13.7 Å². The number of nitriles is 1. The van der Waals surface area contributed by atoms with Crippen LogP contribution in [-0.4, -0.2) is 59.8 Å². The molecule has 2 aliphatic rings. The van der Waals surface area contributed by atoms with Crippen LogP contribution in [0.4, 0.5) is 0 Å². The zero-order valence-corrected chi connectivity index (χ0v) is 24.4. The maximum absolute atomic E-state index is 11.5. The highest BCUT2D eigenvalue weighted by Crippen LogP contribution is 2.42. The quantitative estimate of drug-likeness (QED) is 0.211. The van der Waals surface area contributed by atoms with Crippen molar-refractivity contribution in [1.82, 2.24) is 0 Å². The molecule has 2 heterocycles. The SMILES string of the molecule is CC1(C)O[C@@H]2[C@@H](CO[Si](c3ccccc3)(c3ccccc3)C(C)(C)C)OC(C(C#N)=COS(C)(=O)=O)[C@@H]2O1. The van der Waals surface area contributed by atoms with Gasteiger partial charge in [-0.1, -0.05) is 81.4 Å². The normalized spacial score (nSPS) is 25.6. The van der Waals surface area contributed by atoms with Crippen molar-refractivity contribution >= 4 is 28.8 Å². The molecule has 8 nitrogen and oxygen atoms in total. The summed E-state index contributed by atoms with van der Waals surface area (Å²) in [5, 5.41) is 11.8. The molecule has 0 N–H and O–H groups in total. The number of fused-ring (bicyclic) bond motifs is 1. The Bertz CT molecular complexity index is 1260. The standard InChI is InChI=1S/C28H35NO7SSi/c1-27(2,3)38(21-13-9-7-10-14-21,22-15-11-8-12-16-22)33-19-23-25-26(36-28(4,5)35-25)24(34-23)20(17-29)18-32-37(6,30)31/h7-16,18,23-26H,19H2,1-6H3/t23-,24?,25-,26+/m1/s1. The maximum Gasteiger partial charge on any atom is 0.305 e. The van der Waals surface area contributed by atoms with Crippen LogP contribution < -0.4 is 10.4 Å². The van der Waals surface area contributed by atoms with Crippen molar-refractivity contribution in [1.29, 1.82) is 5.26 Å². The summed E-state index contributed by atoms with van der Waals surface area (Å²) in [6.07, 6.45) is -0.771. The molecular formula is C28H35NO7SSi. The number of benzene rings is 2. The lowest BCUT2D eigenvalue weighted by Crippen LogP contribution is -2.67. The third kappa shape index (κ3) is 5.73. The lowest BCUT2D eigenvalue weighted by atomic mass is 10.0. The van der Waals surface area contributed by atoms with Gasteiger partial charge >= 0.3 is 10.1 Å². The van der Waals surface area contributed by atoms with E-state index in [4.69, 9.17) is 22.8 Å². The first-order chi connectivity index (χ1) is 17.8. The summed E-state index contributed by atoms with van der Waals surface area (Å²) in [6, 6.07) is 22.5. The van der Waals surface area contributed by atoms with Crippen molar-refractivity contribution in [3.8, 4) is 6.07 Å². The fourth-order valence-corrected chi connectivity index (χ4v) is 10.2. The van der Waals surface area contributed by atoms with E-state index in [9.17, 15) is 13.7 Å². The van der Waals surface area contributed by atoms with Gasteiger partial charge < -0.3 is 22.8 Å². The van der Waals surface area contributed by atoms with E-state index in [0.717, 1.165) is 22.9 Å². The Balaban J connectivity index is 1.70. The summed E-state index contributed by atoms with van der Waals surface area (Å²) in [6.45, 7) is 10.4. The van der Waals surface area contributed by atoms with Crippen molar-refractivity contribution < 1.29 is 31.2 Å². The number of ether oxygens (including phenoxy) is 3. The minimum atomic E-state index is -3.80. The maximum atomic E-state index is 11.5. The second-order valence-electron chi connectivity index (χ2n) is 11.1. The lowest BCUT2D eigenvalue weighted by molar-refractivity contribution is -0.185. The third-order valence-electron chi connectivity index (χ3n) is 6.82. The van der Waals surface area contributed by atoms with Crippen LogP contribution in [0, 0.1) is 11.3 Å². The number of nitrogens with zero attached hydrogens (tertiary/aromatic N) is 1. The molecule has 0 aromatic heterocycles. The molecule has 0 amide bonds. The van der Waals surface area contributed by atoms with Gasteiger partial charge in [0, 0.05) is 0 Å². The van der Waals surface area contributed by atoms with Crippen LogP contribution >= 0.6 is 0 Å². The summed E-state index contributed by atoms with van der Waals surface area (Å²) in [5.74, 6) is -0.911. The van der Waals surface area contributed by atoms with Gasteiger partial charge in [0.2, 0.25) is 0 Å². The van der Waals surface area contributed by atoms with Crippen LogP contribution in [0.25, 0.3) is 0 Å². The van der Waals surface area contributed by atoms with Gasteiger partial charge in [-0.15, -0.1) is 0 Å². The molecule has 4 rings (SSSR count). The summed E-state index contributed by atoms with van der Waals surface area (Å²) in [5.41, 5.74) is -0.000303. The number of hydrogen-bond acceptors (Lipinski definition) is 8. The fourth-order valence-electron chi connectivity index (χ4n) is 5.33. The van der Waals surface area contributed by atoms with Gasteiger partial charge in [-0.25, -0.2) is 0 Å². The first kappa shape index (κ1) is 28.5. The highest BCUT2D eigenvalue weighted by atomic mass is 32.2. The van der Waals surface area contributed by atoms with Crippen LogP contribution in [0.15, 0.2) is 72.5 Å². The molecule has 1 unspecified atom stereocenters. The fraction of sp³-hybridized carbons (Fsp3) is 0.464. The van der Waals surface area contributed by atoms with Crippen LogP contribution in [0.3, 0.4) is 0 Å². The molecule has 4 atom stereocenters. The Hall–Kier alpha value is -2.52. The molecule has 0 spiro atoms. The molecule has 10 heteroatoms. The van der Waals surface area contributed by atoms with Gasteiger partial charge in [-0.3, -0.25) is 0 Å². The zero-order valence-electron chi connectivity index (χ0n) is 22.6. The molecule has 2 fully saturated rings. The summed E-state index contributed by atoms with van der Waals surface area (Å²) in [7, 11) is -6.65. The molecule has 0 radical (unpaired) electrons. The number of hydrogen-bond donors (Lipinski definition) is 0. The van der Waals surface area contributed by atoms with Crippen LogP contribution in [0.1, 0.15) is 34.6 Å². The Kier molecular flexibility index (Phi) is 7.92. The summed E-state index contributed by atoms with van der Waals surface area (Å²) in [4.78, 5) is 0. The van der Waals surface area contributed by atoms with Gasteiger partial charge in [0.05, 0.1) is 18.4 Å². The van der Waals surface area contributed by atoms with Gasteiger partial charge in [0.25, 0.3) is 8.32 Å². The average molecular weight is 558 g/mol. The Morgan fingerprint density at radius 3 is 2.03 bits per heavy atom. The van der Waals surface area contributed by atoms with E-state index in [1.165, 1.54) is 0 Å². The van der Waals surface area contributed by atoms with E-state index < -0.39 is 48.6 Å². The molecular weight excluding hydrogens is 522 g/mol. The Morgan fingerprint density at radius 1 is 1.03 bits per heavy atom. The van der Waals surface area contributed by atoms with Gasteiger partial charge in [0.1, 0.15) is 36.7 Å². The van der Waals surface area contributed by atoms with E-state index in [2.05, 4.69) is 45.0 Å². The second-order valence-corrected chi connectivity index (χ2v) is 17.0. The first-order valence-corrected chi connectivity index (χ1v) is 16.2. The third-order valence-corrected chi connectivity index (χ3v) is 12.3. The molecule has 2 aromatic rings. The van der Waals surface area contributed by atoms with E-state index in [1.54, 1.807) is 13.8 Å². The highest BCUT2D eigenvalue weighted by Gasteiger charge is 2.58. The van der Waals surface area contributed by atoms with Crippen LogP contribution in [-0.2, 0) is 32.9 Å². The minimum Gasteiger partial charge on any atom is -0.405 e. The topological polar surface area (TPSA) is 104 Å². The molecule has 2 saturated heterocycles. The lowest BCUT2D eigenvalue weighted by Gasteiger charge is -2.43. The minimum absolute atomic E-state index is 0.000303. The molecule has 0 saturated carbocycles. The largest absolute Gasteiger partial charge is 0.405 e. The van der Waals surface area contributed by atoms with Crippen molar-refractivity contribution in [3.05, 3.63) is 72.5 Å². The predicted molar refractivity (Wildman–Crippen MR) is 146 cm³/mol. The van der Waals surface area contributed by atoms with Crippen LogP contribution in [0.2, 0.25) is 5.04 Å². The average Bonchev–Trinajstić information content (AvgIpc) is 3.33. The molecule has 0 aliphatic carbocycles. The van der Waals surface area contributed by atoms with Crippen molar-refractivity contribution in [3.63, 3.8) is 0 Å². The molecule has 38 heavy (non-hydrogen) atoms. The van der Waals surface area contributed by atoms with Crippen molar-refractivity contribution in [2.24, 2.45) is 0 Å². The van der Waals surface area contributed by atoms with Crippen LogP contribution in [0.5, 0.6) is 0 Å². The Morgan fingerprint density at radius 2 is 1.55 bits per heavy atom. The smallest absolute Gasteiger partial charge is 0.305 e. The highest BCUT2D eigenvalue weighted by molar-refractivity contribution is 7.86. The van der Waals surface area contributed by atoms with E-state index in [0.29, 0.717) is 0 Å². The van der Waals surface area contributed by atoms with E-state index in [1.807, 2.05) is 42.5 Å². The monoisotopic (exact) mass is 557 g/mol. The zero-order chi connectivity index (χ0) is 27.8.